The molecule has 1 aliphatic heterocycles. The summed E-state index contributed by atoms with van der Waals surface area (Å²) < 4.78 is 11.0. The second-order valence-electron chi connectivity index (χ2n) is 5.04. The van der Waals surface area contributed by atoms with Crippen molar-refractivity contribution in [1.82, 2.24) is 0 Å². The Morgan fingerprint density at radius 3 is 2.70 bits per heavy atom. The van der Waals surface area contributed by atoms with Gasteiger partial charge in [0.1, 0.15) is 11.5 Å². The van der Waals surface area contributed by atoms with E-state index in [0.29, 0.717) is 0 Å². The smallest absolute Gasteiger partial charge is 0.127 e. The van der Waals surface area contributed by atoms with E-state index >= 15 is 0 Å². The number of para-hydroxylation sites is 1. The van der Waals surface area contributed by atoms with E-state index in [4.69, 9.17) is 15.2 Å². The number of ether oxygens (including phenoxy) is 2. The highest BCUT2D eigenvalue weighted by Crippen LogP contribution is 2.34. The number of benzene rings is 2. The van der Waals surface area contributed by atoms with Crippen LogP contribution in [0, 0.1) is 0 Å². The van der Waals surface area contributed by atoms with Gasteiger partial charge in [-0.2, -0.15) is 0 Å². The van der Waals surface area contributed by atoms with Gasteiger partial charge in [0.15, 0.2) is 0 Å². The van der Waals surface area contributed by atoms with Crippen molar-refractivity contribution in [3.05, 3.63) is 59.2 Å². The SMILES string of the molecule is COc1ccc(C(N)c2cccc3c2OCCC3)cc1. The standard InChI is InChI=1S/C17H19NO2/c1-19-14-9-7-12(8-10-14)16(18)15-6-2-4-13-5-3-11-20-17(13)15/h2,4,6-10,16H,3,5,11,18H2,1H3. The summed E-state index contributed by atoms with van der Waals surface area (Å²) >= 11 is 0. The van der Waals surface area contributed by atoms with Crippen molar-refractivity contribution in [3.63, 3.8) is 0 Å². The number of hydrogen-bond acceptors (Lipinski definition) is 3. The molecule has 2 aromatic carbocycles. The molecule has 0 bridgehead atoms. The van der Waals surface area contributed by atoms with Crippen molar-refractivity contribution in [1.29, 1.82) is 0 Å². The van der Waals surface area contributed by atoms with Crippen LogP contribution in [0.4, 0.5) is 0 Å². The largest absolute Gasteiger partial charge is 0.497 e. The minimum atomic E-state index is -0.172. The average molecular weight is 269 g/mol. The Labute approximate surface area is 119 Å². The Morgan fingerprint density at radius 1 is 1.15 bits per heavy atom. The molecule has 3 rings (SSSR count). The molecule has 0 saturated heterocycles. The fourth-order valence-corrected chi connectivity index (χ4v) is 2.65. The lowest BCUT2D eigenvalue weighted by molar-refractivity contribution is 0.284. The maximum Gasteiger partial charge on any atom is 0.127 e. The van der Waals surface area contributed by atoms with Gasteiger partial charge in [-0.3, -0.25) is 0 Å². The number of rotatable bonds is 3. The summed E-state index contributed by atoms with van der Waals surface area (Å²) in [6.45, 7) is 0.777. The van der Waals surface area contributed by atoms with Crippen LogP contribution in [-0.2, 0) is 6.42 Å². The van der Waals surface area contributed by atoms with Gasteiger partial charge in [-0.05, 0) is 36.1 Å². The van der Waals surface area contributed by atoms with Gasteiger partial charge in [0.25, 0.3) is 0 Å². The third-order valence-electron chi connectivity index (χ3n) is 3.77. The second-order valence-corrected chi connectivity index (χ2v) is 5.04. The van der Waals surface area contributed by atoms with Crippen LogP contribution in [0.25, 0.3) is 0 Å². The minimum absolute atomic E-state index is 0.172. The fourth-order valence-electron chi connectivity index (χ4n) is 2.65. The average Bonchev–Trinajstić information content (AvgIpc) is 2.54. The van der Waals surface area contributed by atoms with Crippen LogP contribution in [0.5, 0.6) is 11.5 Å². The summed E-state index contributed by atoms with van der Waals surface area (Å²) in [6.07, 6.45) is 2.15. The molecule has 20 heavy (non-hydrogen) atoms. The van der Waals surface area contributed by atoms with Gasteiger partial charge in [-0.1, -0.05) is 30.3 Å². The lowest BCUT2D eigenvalue weighted by Crippen LogP contribution is -2.17. The Hall–Kier alpha value is -2.00. The maximum absolute atomic E-state index is 6.41. The summed E-state index contributed by atoms with van der Waals surface area (Å²) in [4.78, 5) is 0. The van der Waals surface area contributed by atoms with Crippen LogP contribution in [0.3, 0.4) is 0 Å². The molecule has 2 N–H and O–H groups in total. The Balaban J connectivity index is 1.95. The van der Waals surface area contributed by atoms with E-state index in [9.17, 15) is 0 Å². The third-order valence-corrected chi connectivity index (χ3v) is 3.77. The first-order valence-electron chi connectivity index (χ1n) is 6.93. The molecular formula is C17H19NO2. The molecule has 1 unspecified atom stereocenters. The van der Waals surface area contributed by atoms with Gasteiger partial charge in [-0.15, -0.1) is 0 Å². The number of methoxy groups -OCH3 is 1. The Kier molecular flexibility index (Phi) is 3.61. The van der Waals surface area contributed by atoms with Crippen molar-refractivity contribution in [3.8, 4) is 11.5 Å². The molecule has 0 aromatic heterocycles. The molecule has 0 spiro atoms. The van der Waals surface area contributed by atoms with E-state index in [-0.39, 0.29) is 6.04 Å². The molecule has 1 heterocycles. The highest BCUT2D eigenvalue weighted by atomic mass is 16.5. The first-order valence-corrected chi connectivity index (χ1v) is 6.93. The van der Waals surface area contributed by atoms with Crippen LogP contribution in [0.1, 0.15) is 29.2 Å². The number of aryl methyl sites for hydroxylation is 1. The van der Waals surface area contributed by atoms with Gasteiger partial charge >= 0.3 is 0 Å². The van der Waals surface area contributed by atoms with E-state index in [2.05, 4.69) is 18.2 Å². The highest BCUT2D eigenvalue weighted by Gasteiger charge is 2.19. The van der Waals surface area contributed by atoms with Crippen LogP contribution < -0.4 is 15.2 Å². The molecule has 1 atom stereocenters. The summed E-state index contributed by atoms with van der Waals surface area (Å²) in [5, 5.41) is 0. The monoisotopic (exact) mass is 269 g/mol. The summed E-state index contributed by atoms with van der Waals surface area (Å²) in [5.41, 5.74) is 9.80. The molecule has 3 heteroatoms. The Morgan fingerprint density at radius 2 is 1.95 bits per heavy atom. The molecule has 2 aromatic rings. The lowest BCUT2D eigenvalue weighted by atomic mass is 9.94. The van der Waals surface area contributed by atoms with Gasteiger partial charge in [0, 0.05) is 5.56 Å². The zero-order valence-corrected chi connectivity index (χ0v) is 11.6. The molecule has 3 nitrogen and oxygen atoms in total. The predicted octanol–water partition coefficient (Wildman–Crippen LogP) is 3.07. The summed E-state index contributed by atoms with van der Waals surface area (Å²) in [6, 6.07) is 14.0. The minimum Gasteiger partial charge on any atom is -0.497 e. The Bertz CT molecular complexity index is 592. The van der Waals surface area contributed by atoms with Crippen LogP contribution in [0.2, 0.25) is 0 Å². The molecule has 0 aliphatic carbocycles. The lowest BCUT2D eigenvalue weighted by Gasteiger charge is -2.23. The molecular weight excluding hydrogens is 250 g/mol. The van der Waals surface area contributed by atoms with E-state index in [1.807, 2.05) is 24.3 Å². The number of hydrogen-bond donors (Lipinski definition) is 1. The number of fused-ring (bicyclic) bond motifs is 1. The molecule has 0 fully saturated rings. The van der Waals surface area contributed by atoms with E-state index < -0.39 is 0 Å². The van der Waals surface area contributed by atoms with Crippen LogP contribution in [-0.4, -0.2) is 13.7 Å². The fraction of sp³-hybridized carbons (Fsp3) is 0.294. The zero-order valence-electron chi connectivity index (χ0n) is 11.6. The quantitative estimate of drug-likeness (QED) is 0.931. The molecule has 0 radical (unpaired) electrons. The van der Waals surface area contributed by atoms with E-state index in [0.717, 1.165) is 42.1 Å². The van der Waals surface area contributed by atoms with Crippen molar-refractivity contribution in [2.75, 3.05) is 13.7 Å². The second kappa shape index (κ2) is 5.55. The molecule has 104 valence electrons. The molecule has 1 aliphatic rings. The molecule has 0 amide bonds. The van der Waals surface area contributed by atoms with Crippen LogP contribution >= 0.6 is 0 Å². The third kappa shape index (κ3) is 2.37. The molecule has 0 saturated carbocycles. The zero-order chi connectivity index (χ0) is 13.9. The van der Waals surface area contributed by atoms with Crippen molar-refractivity contribution in [2.45, 2.75) is 18.9 Å². The van der Waals surface area contributed by atoms with Gasteiger partial charge in [-0.25, -0.2) is 0 Å². The van der Waals surface area contributed by atoms with Crippen molar-refractivity contribution in [2.24, 2.45) is 5.73 Å². The maximum atomic E-state index is 6.41. The first kappa shape index (κ1) is 13.0. The van der Waals surface area contributed by atoms with E-state index in [1.165, 1.54) is 5.56 Å². The highest BCUT2D eigenvalue weighted by molar-refractivity contribution is 5.48. The predicted molar refractivity (Wildman–Crippen MR) is 79.3 cm³/mol. The normalized spacial score (nSPS) is 15.1. The van der Waals surface area contributed by atoms with Gasteiger partial charge < -0.3 is 15.2 Å². The van der Waals surface area contributed by atoms with Gasteiger partial charge in [0.05, 0.1) is 19.8 Å². The van der Waals surface area contributed by atoms with E-state index in [1.54, 1.807) is 7.11 Å². The van der Waals surface area contributed by atoms with Crippen molar-refractivity contribution < 1.29 is 9.47 Å². The van der Waals surface area contributed by atoms with Crippen molar-refractivity contribution >= 4 is 0 Å². The summed E-state index contributed by atoms with van der Waals surface area (Å²) in [7, 11) is 1.66. The summed E-state index contributed by atoms with van der Waals surface area (Å²) in [5.74, 6) is 1.81. The topological polar surface area (TPSA) is 44.5 Å². The first-order chi connectivity index (χ1) is 9.79. The van der Waals surface area contributed by atoms with Crippen LogP contribution in [0.15, 0.2) is 42.5 Å². The van der Waals surface area contributed by atoms with Gasteiger partial charge in [0.2, 0.25) is 0 Å². The number of nitrogens with two attached hydrogens (primary N) is 1.